The van der Waals surface area contributed by atoms with Crippen LogP contribution >= 0.6 is 27.3 Å². The van der Waals surface area contributed by atoms with Crippen LogP contribution in [0.4, 0.5) is 0 Å². The number of aryl methyl sites for hydroxylation is 2. The van der Waals surface area contributed by atoms with E-state index >= 15 is 0 Å². The van der Waals surface area contributed by atoms with Crippen LogP contribution in [0, 0.1) is 6.92 Å². The molecule has 5 heteroatoms. The normalized spacial score (nSPS) is 10.9. The fourth-order valence-corrected chi connectivity index (χ4v) is 3.28. The van der Waals surface area contributed by atoms with Crippen LogP contribution in [0.15, 0.2) is 22.7 Å². The van der Waals surface area contributed by atoms with Gasteiger partial charge in [-0.15, -0.1) is 10.2 Å². The summed E-state index contributed by atoms with van der Waals surface area (Å²) in [6.07, 6.45) is 3.30. The number of benzene rings is 1. The second kappa shape index (κ2) is 7.86. The first-order chi connectivity index (χ1) is 9.70. The lowest BCUT2D eigenvalue weighted by Crippen LogP contribution is -2.16. The second-order valence-corrected chi connectivity index (χ2v) is 6.79. The third-order valence-corrected chi connectivity index (χ3v) is 4.58. The molecular weight excluding hydrogens is 334 g/mol. The van der Waals surface area contributed by atoms with Gasteiger partial charge in [0.1, 0.15) is 10.0 Å². The van der Waals surface area contributed by atoms with Crippen molar-refractivity contribution in [1.82, 2.24) is 15.5 Å². The first kappa shape index (κ1) is 15.6. The molecule has 0 saturated carbocycles. The largest absolute Gasteiger partial charge is 0.317 e. The van der Waals surface area contributed by atoms with Gasteiger partial charge in [-0.1, -0.05) is 40.3 Å². The maximum absolute atomic E-state index is 4.33. The van der Waals surface area contributed by atoms with E-state index in [1.54, 1.807) is 11.3 Å². The van der Waals surface area contributed by atoms with Crippen LogP contribution in [0.1, 0.15) is 30.3 Å². The van der Waals surface area contributed by atoms with Crippen LogP contribution in [0.3, 0.4) is 0 Å². The van der Waals surface area contributed by atoms with Crippen molar-refractivity contribution in [3.05, 3.63) is 33.2 Å². The average Bonchev–Trinajstić information content (AvgIpc) is 2.90. The number of aromatic nitrogens is 2. The number of hydrogen-bond acceptors (Lipinski definition) is 4. The van der Waals surface area contributed by atoms with Crippen LogP contribution < -0.4 is 5.32 Å². The Balaban J connectivity index is 1.96. The predicted molar refractivity (Wildman–Crippen MR) is 89.3 cm³/mol. The van der Waals surface area contributed by atoms with Crippen LogP contribution in [-0.2, 0) is 6.42 Å². The summed E-state index contributed by atoms with van der Waals surface area (Å²) in [4.78, 5) is 0. The molecule has 0 aliphatic rings. The maximum atomic E-state index is 4.33. The van der Waals surface area contributed by atoms with Gasteiger partial charge < -0.3 is 5.32 Å². The molecule has 1 heterocycles. The zero-order chi connectivity index (χ0) is 14.4. The van der Waals surface area contributed by atoms with Gasteiger partial charge in [0, 0.05) is 16.5 Å². The minimum atomic E-state index is 1.00. The van der Waals surface area contributed by atoms with Gasteiger partial charge in [-0.3, -0.25) is 0 Å². The molecule has 0 radical (unpaired) electrons. The first-order valence-corrected chi connectivity index (χ1v) is 8.61. The third kappa shape index (κ3) is 4.36. The monoisotopic (exact) mass is 353 g/mol. The van der Waals surface area contributed by atoms with Gasteiger partial charge in [0.2, 0.25) is 0 Å². The van der Waals surface area contributed by atoms with E-state index in [-0.39, 0.29) is 0 Å². The molecule has 0 atom stereocenters. The number of rotatable bonds is 7. The molecule has 0 unspecified atom stereocenters. The second-order valence-electron chi connectivity index (χ2n) is 4.81. The smallest absolute Gasteiger partial charge is 0.148 e. The van der Waals surface area contributed by atoms with Crippen molar-refractivity contribution in [3.8, 4) is 10.6 Å². The minimum absolute atomic E-state index is 1.00. The molecule has 0 spiro atoms. The van der Waals surface area contributed by atoms with Gasteiger partial charge in [-0.25, -0.2) is 0 Å². The molecule has 1 N–H and O–H groups in total. The Hall–Kier alpha value is -0.780. The van der Waals surface area contributed by atoms with Gasteiger partial charge in [0.05, 0.1) is 0 Å². The highest BCUT2D eigenvalue weighted by atomic mass is 79.9. The third-order valence-electron chi connectivity index (χ3n) is 3.07. The van der Waals surface area contributed by atoms with Gasteiger partial charge in [-0.05, 0) is 50.6 Å². The summed E-state index contributed by atoms with van der Waals surface area (Å²) in [6.45, 7) is 6.44. The highest BCUT2D eigenvalue weighted by Crippen LogP contribution is 2.29. The summed E-state index contributed by atoms with van der Waals surface area (Å²) >= 11 is 5.22. The van der Waals surface area contributed by atoms with Gasteiger partial charge >= 0.3 is 0 Å². The molecule has 20 heavy (non-hydrogen) atoms. The molecule has 0 fully saturated rings. The summed E-state index contributed by atoms with van der Waals surface area (Å²) in [5, 5.41) is 14.2. The topological polar surface area (TPSA) is 37.8 Å². The van der Waals surface area contributed by atoms with Crippen molar-refractivity contribution in [3.63, 3.8) is 0 Å². The van der Waals surface area contributed by atoms with Crippen molar-refractivity contribution in [2.24, 2.45) is 0 Å². The van der Waals surface area contributed by atoms with Crippen LogP contribution in [0.2, 0.25) is 0 Å². The van der Waals surface area contributed by atoms with Crippen molar-refractivity contribution in [2.45, 2.75) is 33.1 Å². The minimum Gasteiger partial charge on any atom is -0.317 e. The molecule has 0 amide bonds. The Kier molecular flexibility index (Phi) is 6.13. The van der Waals surface area contributed by atoms with E-state index in [2.05, 4.69) is 63.5 Å². The van der Waals surface area contributed by atoms with E-state index in [0.717, 1.165) is 40.4 Å². The Labute approximate surface area is 133 Å². The van der Waals surface area contributed by atoms with Crippen molar-refractivity contribution in [2.75, 3.05) is 13.1 Å². The first-order valence-electron chi connectivity index (χ1n) is 7.00. The quantitative estimate of drug-likeness (QED) is 0.757. The van der Waals surface area contributed by atoms with Crippen LogP contribution in [0.25, 0.3) is 10.6 Å². The SMILES string of the molecule is CCCNCCCc1nnc(-c2cc(Br)ccc2C)s1. The van der Waals surface area contributed by atoms with Crippen molar-refractivity contribution in [1.29, 1.82) is 0 Å². The highest BCUT2D eigenvalue weighted by Gasteiger charge is 2.09. The fraction of sp³-hybridized carbons (Fsp3) is 0.467. The summed E-state index contributed by atoms with van der Waals surface area (Å²) in [7, 11) is 0. The standard InChI is InChI=1S/C15H20BrN3S/c1-3-8-17-9-4-5-14-18-19-15(20-14)13-10-12(16)7-6-11(13)2/h6-7,10,17H,3-5,8-9H2,1-2H3. The number of nitrogens with zero attached hydrogens (tertiary/aromatic N) is 2. The van der Waals surface area contributed by atoms with E-state index in [9.17, 15) is 0 Å². The maximum Gasteiger partial charge on any atom is 0.148 e. The van der Waals surface area contributed by atoms with E-state index in [4.69, 9.17) is 0 Å². The van der Waals surface area contributed by atoms with E-state index in [1.165, 1.54) is 17.5 Å². The lowest BCUT2D eigenvalue weighted by atomic mass is 10.1. The molecule has 3 nitrogen and oxygen atoms in total. The molecule has 0 aliphatic heterocycles. The molecule has 2 rings (SSSR count). The molecular formula is C15H20BrN3S. The summed E-state index contributed by atoms with van der Waals surface area (Å²) in [6, 6.07) is 6.28. The zero-order valence-corrected chi connectivity index (χ0v) is 14.4. The Morgan fingerprint density at radius 2 is 2.10 bits per heavy atom. The number of halogens is 1. The predicted octanol–water partition coefficient (Wildman–Crippen LogP) is 4.21. The summed E-state index contributed by atoms with van der Waals surface area (Å²) in [5.74, 6) is 0. The molecule has 1 aromatic carbocycles. The van der Waals surface area contributed by atoms with Crippen molar-refractivity contribution < 1.29 is 0 Å². The fourth-order valence-electron chi connectivity index (χ4n) is 1.95. The van der Waals surface area contributed by atoms with E-state index in [1.807, 2.05) is 0 Å². The van der Waals surface area contributed by atoms with Gasteiger partial charge in [0.15, 0.2) is 0 Å². The highest BCUT2D eigenvalue weighted by molar-refractivity contribution is 9.10. The molecule has 108 valence electrons. The molecule has 0 aliphatic carbocycles. The summed E-state index contributed by atoms with van der Waals surface area (Å²) < 4.78 is 1.08. The molecule has 2 aromatic rings. The molecule has 1 aromatic heterocycles. The molecule has 0 saturated heterocycles. The average molecular weight is 354 g/mol. The van der Waals surface area contributed by atoms with E-state index < -0.39 is 0 Å². The number of nitrogens with one attached hydrogen (secondary N) is 1. The van der Waals surface area contributed by atoms with Gasteiger partial charge in [-0.2, -0.15) is 0 Å². The zero-order valence-electron chi connectivity index (χ0n) is 11.9. The summed E-state index contributed by atoms with van der Waals surface area (Å²) in [5.41, 5.74) is 2.41. The molecule has 0 bridgehead atoms. The van der Waals surface area contributed by atoms with Crippen LogP contribution in [-0.4, -0.2) is 23.3 Å². The number of hydrogen-bond donors (Lipinski definition) is 1. The van der Waals surface area contributed by atoms with Crippen molar-refractivity contribution >= 4 is 27.3 Å². The lowest BCUT2D eigenvalue weighted by Gasteiger charge is -2.01. The Morgan fingerprint density at radius 1 is 1.25 bits per heavy atom. The Morgan fingerprint density at radius 3 is 2.90 bits per heavy atom. The Bertz CT molecular complexity index is 554. The van der Waals surface area contributed by atoms with Gasteiger partial charge in [0.25, 0.3) is 0 Å². The van der Waals surface area contributed by atoms with Crippen LogP contribution in [0.5, 0.6) is 0 Å². The van der Waals surface area contributed by atoms with E-state index in [0.29, 0.717) is 0 Å². The lowest BCUT2D eigenvalue weighted by molar-refractivity contribution is 0.637.